The van der Waals surface area contributed by atoms with Gasteiger partial charge in [0, 0.05) is 11.9 Å². The number of hydrogen-bond acceptors (Lipinski definition) is 1. The van der Waals surface area contributed by atoms with Gasteiger partial charge in [-0.3, -0.25) is 4.98 Å². The van der Waals surface area contributed by atoms with Gasteiger partial charge in [-0.25, -0.2) is 0 Å². The fourth-order valence-electron chi connectivity index (χ4n) is 5.37. The summed E-state index contributed by atoms with van der Waals surface area (Å²) in [5, 5.41) is 0. The molecule has 0 atom stereocenters. The van der Waals surface area contributed by atoms with E-state index in [4.69, 9.17) is 0 Å². The van der Waals surface area contributed by atoms with Crippen molar-refractivity contribution in [1.82, 2.24) is 4.98 Å². The summed E-state index contributed by atoms with van der Waals surface area (Å²) in [6.07, 6.45) is 12.3. The standard InChI is InChI=1S/C17H23N/c1-2-6-18-16(3-1)4-5-17-14-8-12-7-13(10-14)11-15(17)9-12/h1-3,6,12-15,17H,4-5,7-11H2. The van der Waals surface area contributed by atoms with E-state index in [1.165, 1.54) is 18.5 Å². The highest BCUT2D eigenvalue weighted by atomic mass is 14.7. The largest absolute Gasteiger partial charge is 0.261 e. The molecule has 0 saturated heterocycles. The van der Waals surface area contributed by atoms with Gasteiger partial charge in [-0.2, -0.15) is 0 Å². The maximum Gasteiger partial charge on any atom is 0.0403 e. The summed E-state index contributed by atoms with van der Waals surface area (Å²) in [5.41, 5.74) is 1.30. The summed E-state index contributed by atoms with van der Waals surface area (Å²) in [5.74, 6) is 5.40. The van der Waals surface area contributed by atoms with Gasteiger partial charge in [-0.1, -0.05) is 6.07 Å². The second-order valence-corrected chi connectivity index (χ2v) is 6.95. The van der Waals surface area contributed by atoms with Gasteiger partial charge in [0.25, 0.3) is 0 Å². The highest BCUT2D eigenvalue weighted by Gasteiger charge is 2.47. The molecule has 0 aliphatic heterocycles. The maximum absolute atomic E-state index is 4.48. The van der Waals surface area contributed by atoms with Crippen LogP contribution < -0.4 is 0 Å². The predicted octanol–water partition coefficient (Wildman–Crippen LogP) is 4.09. The van der Waals surface area contributed by atoms with E-state index >= 15 is 0 Å². The predicted molar refractivity (Wildman–Crippen MR) is 73.1 cm³/mol. The Morgan fingerprint density at radius 2 is 1.67 bits per heavy atom. The van der Waals surface area contributed by atoms with Crippen LogP contribution in [0.25, 0.3) is 0 Å². The first-order valence-corrected chi connectivity index (χ1v) is 7.78. The second-order valence-electron chi connectivity index (χ2n) is 6.95. The summed E-state index contributed by atoms with van der Waals surface area (Å²) >= 11 is 0. The van der Waals surface area contributed by atoms with Crippen LogP contribution >= 0.6 is 0 Å². The van der Waals surface area contributed by atoms with Crippen LogP contribution in [0.2, 0.25) is 0 Å². The normalized spacial score (nSPS) is 41.2. The van der Waals surface area contributed by atoms with Crippen molar-refractivity contribution in [2.75, 3.05) is 0 Å². The van der Waals surface area contributed by atoms with Crippen LogP contribution in [-0.4, -0.2) is 4.98 Å². The van der Waals surface area contributed by atoms with Crippen LogP contribution in [0.4, 0.5) is 0 Å². The van der Waals surface area contributed by atoms with E-state index in [1.807, 2.05) is 12.3 Å². The minimum atomic E-state index is 1.03. The Morgan fingerprint density at radius 1 is 0.944 bits per heavy atom. The Kier molecular flexibility index (Phi) is 2.67. The third kappa shape index (κ3) is 1.88. The first-order valence-electron chi connectivity index (χ1n) is 7.78. The van der Waals surface area contributed by atoms with Crippen molar-refractivity contribution in [3.05, 3.63) is 30.1 Å². The molecule has 1 aromatic rings. The molecule has 18 heavy (non-hydrogen) atoms. The third-order valence-corrected chi connectivity index (χ3v) is 5.88. The van der Waals surface area contributed by atoms with Gasteiger partial charge >= 0.3 is 0 Å². The van der Waals surface area contributed by atoms with Crippen molar-refractivity contribution in [2.24, 2.45) is 29.6 Å². The summed E-state index contributed by atoms with van der Waals surface area (Å²) in [6, 6.07) is 6.33. The Bertz CT molecular complexity index is 383. The van der Waals surface area contributed by atoms with Gasteiger partial charge in [0.2, 0.25) is 0 Å². The van der Waals surface area contributed by atoms with E-state index in [-0.39, 0.29) is 0 Å². The van der Waals surface area contributed by atoms with Crippen LogP contribution in [0.5, 0.6) is 0 Å². The molecule has 0 N–H and O–H groups in total. The molecule has 4 aliphatic rings. The monoisotopic (exact) mass is 241 g/mol. The van der Waals surface area contributed by atoms with Crippen LogP contribution in [0.3, 0.4) is 0 Å². The van der Waals surface area contributed by atoms with Crippen molar-refractivity contribution in [1.29, 1.82) is 0 Å². The molecule has 4 saturated carbocycles. The smallest absolute Gasteiger partial charge is 0.0403 e. The topological polar surface area (TPSA) is 12.9 Å². The minimum absolute atomic E-state index is 1.03. The van der Waals surface area contributed by atoms with E-state index in [0.717, 1.165) is 29.6 Å². The minimum Gasteiger partial charge on any atom is -0.261 e. The van der Waals surface area contributed by atoms with E-state index < -0.39 is 0 Å². The molecule has 0 spiro atoms. The van der Waals surface area contributed by atoms with Crippen molar-refractivity contribution in [3.8, 4) is 0 Å². The summed E-state index contributed by atoms with van der Waals surface area (Å²) < 4.78 is 0. The van der Waals surface area contributed by atoms with Gasteiger partial charge in [-0.05, 0) is 86.7 Å². The average Bonchev–Trinajstić information content (AvgIpc) is 2.38. The molecule has 1 nitrogen and oxygen atoms in total. The van der Waals surface area contributed by atoms with Crippen LogP contribution in [0.1, 0.15) is 44.2 Å². The fraction of sp³-hybridized carbons (Fsp3) is 0.706. The zero-order valence-corrected chi connectivity index (χ0v) is 11.1. The van der Waals surface area contributed by atoms with Gasteiger partial charge < -0.3 is 0 Å². The number of hydrogen-bond donors (Lipinski definition) is 0. The summed E-state index contributed by atoms with van der Waals surface area (Å²) in [6.45, 7) is 0. The van der Waals surface area contributed by atoms with Crippen LogP contribution in [0, 0.1) is 29.6 Å². The van der Waals surface area contributed by atoms with E-state index in [9.17, 15) is 0 Å². The van der Waals surface area contributed by atoms with Crippen LogP contribution in [-0.2, 0) is 6.42 Å². The Morgan fingerprint density at radius 3 is 2.28 bits per heavy atom. The lowest BCUT2D eigenvalue weighted by atomic mass is 9.51. The molecule has 0 aromatic carbocycles. The number of rotatable bonds is 3. The molecule has 0 radical (unpaired) electrons. The summed E-state index contributed by atoms with van der Waals surface area (Å²) in [7, 11) is 0. The Balaban J connectivity index is 1.43. The Hall–Kier alpha value is -0.850. The van der Waals surface area contributed by atoms with Crippen molar-refractivity contribution >= 4 is 0 Å². The summed E-state index contributed by atoms with van der Waals surface area (Å²) in [4.78, 5) is 4.48. The van der Waals surface area contributed by atoms with Gasteiger partial charge in [-0.15, -0.1) is 0 Å². The molecule has 1 heterocycles. The molecule has 96 valence electrons. The number of pyridine rings is 1. The molecule has 0 amide bonds. The number of aryl methyl sites for hydroxylation is 1. The molecular weight excluding hydrogens is 218 g/mol. The number of nitrogens with zero attached hydrogens (tertiary/aromatic N) is 1. The molecule has 4 fully saturated rings. The lowest BCUT2D eigenvalue weighted by Crippen LogP contribution is -2.45. The fourth-order valence-corrected chi connectivity index (χ4v) is 5.37. The van der Waals surface area contributed by atoms with E-state index in [1.54, 1.807) is 32.1 Å². The molecule has 4 bridgehead atoms. The van der Waals surface area contributed by atoms with E-state index in [0.29, 0.717) is 0 Å². The first kappa shape index (κ1) is 11.0. The Labute approximate surface area is 110 Å². The molecule has 5 rings (SSSR count). The number of aromatic nitrogens is 1. The van der Waals surface area contributed by atoms with Gasteiger partial charge in [0.05, 0.1) is 0 Å². The molecule has 0 unspecified atom stereocenters. The lowest BCUT2D eigenvalue weighted by Gasteiger charge is -2.54. The van der Waals surface area contributed by atoms with Gasteiger partial charge in [0.1, 0.15) is 0 Å². The first-order chi connectivity index (χ1) is 8.88. The second kappa shape index (κ2) is 4.36. The molecule has 4 aliphatic carbocycles. The molecular formula is C17H23N. The quantitative estimate of drug-likeness (QED) is 0.777. The van der Waals surface area contributed by atoms with Crippen LogP contribution in [0.15, 0.2) is 24.4 Å². The highest BCUT2D eigenvalue weighted by molar-refractivity contribution is 5.05. The SMILES string of the molecule is c1ccc(CCC2C3CC4CC(C3)CC2C4)nc1. The van der Waals surface area contributed by atoms with E-state index in [2.05, 4.69) is 17.1 Å². The molecule has 1 aromatic heterocycles. The maximum atomic E-state index is 4.48. The lowest BCUT2D eigenvalue weighted by molar-refractivity contribution is -0.0394. The van der Waals surface area contributed by atoms with Gasteiger partial charge in [0.15, 0.2) is 0 Å². The van der Waals surface area contributed by atoms with Crippen molar-refractivity contribution in [3.63, 3.8) is 0 Å². The van der Waals surface area contributed by atoms with Crippen molar-refractivity contribution < 1.29 is 0 Å². The van der Waals surface area contributed by atoms with Crippen molar-refractivity contribution in [2.45, 2.75) is 44.9 Å². The highest BCUT2D eigenvalue weighted by Crippen LogP contribution is 2.57. The average molecular weight is 241 g/mol. The zero-order chi connectivity index (χ0) is 11.9. The zero-order valence-electron chi connectivity index (χ0n) is 11.1. The third-order valence-electron chi connectivity index (χ3n) is 5.88. The molecule has 1 heteroatoms.